The van der Waals surface area contributed by atoms with E-state index >= 15 is 0 Å². The van der Waals surface area contributed by atoms with E-state index < -0.39 is 0 Å². The van der Waals surface area contributed by atoms with Crippen LogP contribution in [-0.4, -0.2) is 29.8 Å². The lowest BCUT2D eigenvalue weighted by Gasteiger charge is -2.33. The highest BCUT2D eigenvalue weighted by Crippen LogP contribution is 2.49. The van der Waals surface area contributed by atoms with Crippen LogP contribution < -0.4 is 5.32 Å². The van der Waals surface area contributed by atoms with Crippen LogP contribution in [0.15, 0.2) is 28.7 Å². The Morgan fingerprint density at radius 3 is 2.58 bits per heavy atom. The molecule has 0 radical (unpaired) electrons. The summed E-state index contributed by atoms with van der Waals surface area (Å²) in [7, 11) is 0. The molecular formula is C21H27BrN2O2. The first-order chi connectivity index (χ1) is 12.6. The van der Waals surface area contributed by atoms with Gasteiger partial charge < -0.3 is 10.2 Å². The maximum atomic E-state index is 12.7. The predicted octanol–water partition coefficient (Wildman–Crippen LogP) is 4.45. The zero-order chi connectivity index (χ0) is 18.1. The van der Waals surface area contributed by atoms with Crippen molar-refractivity contribution >= 4 is 33.4 Å². The van der Waals surface area contributed by atoms with Crippen LogP contribution in [0.25, 0.3) is 0 Å². The summed E-state index contributed by atoms with van der Waals surface area (Å²) in [5.41, 5.74) is 0.819. The van der Waals surface area contributed by atoms with Crippen molar-refractivity contribution in [1.82, 2.24) is 4.90 Å². The highest BCUT2D eigenvalue weighted by atomic mass is 79.9. The predicted molar refractivity (Wildman–Crippen MR) is 106 cm³/mol. The number of nitrogens with one attached hydrogen (secondary N) is 1. The maximum absolute atomic E-state index is 12.7. The minimum absolute atomic E-state index is 0.000486. The normalized spacial score (nSPS) is 28.3. The third kappa shape index (κ3) is 3.98. The number of amides is 2. The van der Waals surface area contributed by atoms with Crippen LogP contribution in [0.2, 0.25) is 0 Å². The number of rotatable bonds is 4. The molecule has 2 aliphatic carbocycles. The monoisotopic (exact) mass is 418 g/mol. The van der Waals surface area contributed by atoms with Gasteiger partial charge in [-0.1, -0.05) is 28.4 Å². The fourth-order valence-corrected chi connectivity index (χ4v) is 5.58. The number of hydrogen-bond donors (Lipinski definition) is 1. The quantitative estimate of drug-likeness (QED) is 0.784. The van der Waals surface area contributed by atoms with Crippen LogP contribution in [0.5, 0.6) is 0 Å². The minimum Gasteiger partial charge on any atom is -0.343 e. The number of carbonyl (C=O) groups is 2. The van der Waals surface area contributed by atoms with E-state index in [2.05, 4.69) is 21.2 Å². The van der Waals surface area contributed by atoms with Crippen molar-refractivity contribution < 1.29 is 9.59 Å². The van der Waals surface area contributed by atoms with Crippen molar-refractivity contribution in [3.8, 4) is 0 Å². The van der Waals surface area contributed by atoms with Gasteiger partial charge in [0.2, 0.25) is 11.8 Å². The van der Waals surface area contributed by atoms with Crippen LogP contribution in [-0.2, 0) is 9.59 Å². The Hall–Kier alpha value is -1.36. The number of likely N-dealkylation sites (tertiary alicyclic amines) is 1. The Kier molecular flexibility index (Phi) is 5.35. The molecule has 1 aromatic rings. The highest BCUT2D eigenvalue weighted by molar-refractivity contribution is 9.10. The summed E-state index contributed by atoms with van der Waals surface area (Å²) >= 11 is 3.42. The number of hydrogen-bond acceptors (Lipinski definition) is 2. The second kappa shape index (κ2) is 7.71. The maximum Gasteiger partial charge on any atom is 0.227 e. The van der Waals surface area contributed by atoms with Crippen molar-refractivity contribution in [2.75, 3.05) is 18.4 Å². The first-order valence-electron chi connectivity index (χ1n) is 9.92. The van der Waals surface area contributed by atoms with Crippen LogP contribution in [0.4, 0.5) is 5.69 Å². The molecule has 3 atom stereocenters. The molecule has 140 valence electrons. The molecule has 0 spiro atoms. The number of piperidine rings is 1. The van der Waals surface area contributed by atoms with Crippen LogP contribution in [0.3, 0.4) is 0 Å². The third-order valence-electron chi connectivity index (χ3n) is 6.63. The van der Waals surface area contributed by atoms with Crippen LogP contribution in [0, 0.1) is 23.7 Å². The zero-order valence-electron chi connectivity index (χ0n) is 15.1. The van der Waals surface area contributed by atoms with E-state index in [4.69, 9.17) is 0 Å². The number of halogens is 1. The molecule has 2 saturated carbocycles. The number of anilines is 1. The highest BCUT2D eigenvalue weighted by Gasteiger charge is 2.41. The van der Waals surface area contributed by atoms with Gasteiger partial charge in [0.15, 0.2) is 0 Å². The lowest BCUT2D eigenvalue weighted by molar-refractivity contribution is -0.135. The Bertz CT molecular complexity index is 684. The van der Waals surface area contributed by atoms with Crippen molar-refractivity contribution in [3.05, 3.63) is 28.7 Å². The van der Waals surface area contributed by atoms with Gasteiger partial charge in [-0.15, -0.1) is 0 Å². The summed E-state index contributed by atoms with van der Waals surface area (Å²) < 4.78 is 0.955. The molecule has 4 rings (SSSR count). The van der Waals surface area contributed by atoms with Gasteiger partial charge in [-0.05, 0) is 68.1 Å². The standard InChI is InChI=1S/C21H27BrN2O2/c22-18-2-1-3-19(13-18)23-21(26)15-6-8-24(9-7-15)20(25)12-17-11-14-4-5-16(17)10-14/h1-3,13-17H,4-12H2,(H,23,26). The number of benzene rings is 1. The minimum atomic E-state index is 0.000486. The Balaban J connectivity index is 1.24. The largest absolute Gasteiger partial charge is 0.343 e. The van der Waals surface area contributed by atoms with Crippen molar-refractivity contribution in [2.24, 2.45) is 23.7 Å². The Labute approximate surface area is 163 Å². The SMILES string of the molecule is O=C(Nc1cccc(Br)c1)C1CCN(C(=O)CC2CC3CCC2C3)CC1. The summed E-state index contributed by atoms with van der Waals surface area (Å²) in [6, 6.07) is 7.66. The first-order valence-corrected chi connectivity index (χ1v) is 10.7. The fourth-order valence-electron chi connectivity index (χ4n) is 5.18. The molecule has 1 N–H and O–H groups in total. The topological polar surface area (TPSA) is 49.4 Å². The zero-order valence-corrected chi connectivity index (χ0v) is 16.7. The molecule has 1 aliphatic heterocycles. The van der Waals surface area contributed by atoms with E-state index in [1.165, 1.54) is 25.7 Å². The second-order valence-corrected chi connectivity index (χ2v) is 9.21. The van der Waals surface area contributed by atoms with Gasteiger partial charge in [0.05, 0.1) is 0 Å². The van der Waals surface area contributed by atoms with E-state index in [0.29, 0.717) is 11.8 Å². The smallest absolute Gasteiger partial charge is 0.227 e. The summed E-state index contributed by atoms with van der Waals surface area (Å²) in [6.07, 6.45) is 7.60. The van der Waals surface area contributed by atoms with Crippen molar-refractivity contribution in [1.29, 1.82) is 0 Å². The van der Waals surface area contributed by atoms with Gasteiger partial charge in [-0.3, -0.25) is 9.59 Å². The molecular weight excluding hydrogens is 392 g/mol. The van der Waals surface area contributed by atoms with Crippen molar-refractivity contribution in [2.45, 2.75) is 44.9 Å². The van der Waals surface area contributed by atoms with E-state index in [0.717, 1.165) is 54.3 Å². The van der Waals surface area contributed by atoms with Crippen LogP contribution >= 0.6 is 15.9 Å². The number of nitrogens with zero attached hydrogens (tertiary/aromatic N) is 1. The van der Waals surface area contributed by atoms with Crippen LogP contribution in [0.1, 0.15) is 44.9 Å². The van der Waals surface area contributed by atoms with E-state index in [-0.39, 0.29) is 11.8 Å². The molecule has 26 heavy (non-hydrogen) atoms. The molecule has 1 aromatic carbocycles. The summed E-state index contributed by atoms with van der Waals surface area (Å²) in [5, 5.41) is 3.00. The molecule has 3 fully saturated rings. The third-order valence-corrected chi connectivity index (χ3v) is 7.13. The summed E-state index contributed by atoms with van der Waals surface area (Å²) in [5.74, 6) is 2.71. The van der Waals surface area contributed by atoms with Crippen molar-refractivity contribution in [3.63, 3.8) is 0 Å². The van der Waals surface area contributed by atoms with E-state index in [1.54, 1.807) is 0 Å². The molecule has 0 aromatic heterocycles. The van der Waals surface area contributed by atoms with Gasteiger partial charge in [0.25, 0.3) is 0 Å². The average molecular weight is 419 g/mol. The molecule has 3 unspecified atom stereocenters. The second-order valence-electron chi connectivity index (χ2n) is 8.29. The number of carbonyl (C=O) groups excluding carboxylic acids is 2. The van der Waals surface area contributed by atoms with E-state index in [9.17, 15) is 9.59 Å². The van der Waals surface area contributed by atoms with Gasteiger partial charge in [-0.25, -0.2) is 0 Å². The first kappa shape index (κ1) is 18.0. The summed E-state index contributed by atoms with van der Waals surface area (Å²) in [6.45, 7) is 1.44. The van der Waals surface area contributed by atoms with Gasteiger partial charge in [0.1, 0.15) is 0 Å². The summed E-state index contributed by atoms with van der Waals surface area (Å²) in [4.78, 5) is 27.1. The fraction of sp³-hybridized carbons (Fsp3) is 0.619. The molecule has 2 amide bonds. The molecule has 4 nitrogen and oxygen atoms in total. The molecule has 1 saturated heterocycles. The van der Waals surface area contributed by atoms with Gasteiger partial charge in [0, 0.05) is 35.6 Å². The Morgan fingerprint density at radius 2 is 1.92 bits per heavy atom. The lowest BCUT2D eigenvalue weighted by atomic mass is 9.85. The molecule has 1 heterocycles. The van der Waals surface area contributed by atoms with Gasteiger partial charge >= 0.3 is 0 Å². The average Bonchev–Trinajstić information content (AvgIpc) is 3.25. The Morgan fingerprint density at radius 1 is 1.12 bits per heavy atom. The molecule has 3 aliphatic rings. The number of fused-ring (bicyclic) bond motifs is 2. The van der Waals surface area contributed by atoms with Gasteiger partial charge in [-0.2, -0.15) is 0 Å². The molecule has 2 bridgehead atoms. The lowest BCUT2D eigenvalue weighted by Crippen LogP contribution is -2.42. The molecule has 5 heteroatoms. The van der Waals surface area contributed by atoms with E-state index in [1.807, 2.05) is 29.2 Å².